The maximum atomic E-state index is 12.9. The Hall–Kier alpha value is -1.78. The molecule has 0 atom stereocenters. The van der Waals surface area contributed by atoms with Crippen molar-refractivity contribution in [2.24, 2.45) is 0 Å². The van der Waals surface area contributed by atoms with E-state index in [0.717, 1.165) is 0 Å². The summed E-state index contributed by atoms with van der Waals surface area (Å²) in [5.74, 6) is -0.395. The molecular formula is C9H10FN3O. The molecule has 5 heteroatoms. The van der Waals surface area contributed by atoms with Crippen LogP contribution < -0.4 is 16.0 Å². The van der Waals surface area contributed by atoms with E-state index in [4.69, 9.17) is 5.73 Å². The molecule has 0 unspecified atom stereocenters. The molecule has 3 N–H and O–H groups in total. The fourth-order valence-corrected chi connectivity index (χ4v) is 1.45. The van der Waals surface area contributed by atoms with Crippen LogP contribution in [0.1, 0.15) is 0 Å². The second-order valence-electron chi connectivity index (χ2n) is 3.09. The minimum Gasteiger partial charge on any atom is -0.397 e. The Balaban J connectivity index is 2.39. The summed E-state index contributed by atoms with van der Waals surface area (Å²) in [6.07, 6.45) is 0. The molecule has 1 fully saturated rings. The number of nitrogen functional groups attached to an aromatic ring is 1. The first-order chi connectivity index (χ1) is 6.68. The average Bonchev–Trinajstić information content (AvgIpc) is 2.56. The number of anilines is 2. The highest BCUT2D eigenvalue weighted by molar-refractivity contribution is 5.96. The van der Waals surface area contributed by atoms with E-state index in [0.29, 0.717) is 24.5 Å². The number of rotatable bonds is 1. The monoisotopic (exact) mass is 195 g/mol. The van der Waals surface area contributed by atoms with Gasteiger partial charge in [-0.1, -0.05) is 0 Å². The zero-order valence-electron chi connectivity index (χ0n) is 7.46. The average molecular weight is 195 g/mol. The van der Waals surface area contributed by atoms with Crippen molar-refractivity contribution in [2.75, 3.05) is 23.7 Å². The number of carbonyl (C=O) groups is 1. The Morgan fingerprint density at radius 2 is 2.29 bits per heavy atom. The number of hydrogen-bond donors (Lipinski definition) is 2. The van der Waals surface area contributed by atoms with Crippen molar-refractivity contribution in [1.29, 1.82) is 0 Å². The van der Waals surface area contributed by atoms with E-state index in [1.807, 2.05) is 0 Å². The molecule has 0 spiro atoms. The first-order valence-electron chi connectivity index (χ1n) is 4.29. The van der Waals surface area contributed by atoms with Gasteiger partial charge in [-0.25, -0.2) is 9.18 Å². The van der Waals surface area contributed by atoms with Crippen LogP contribution in [0.2, 0.25) is 0 Å². The normalized spacial score (nSPS) is 15.8. The molecule has 0 radical (unpaired) electrons. The SMILES string of the molecule is Nc1ccc(F)cc1N1CCNC1=O. The molecule has 0 saturated carbocycles. The minimum atomic E-state index is -0.395. The van der Waals surface area contributed by atoms with E-state index in [1.54, 1.807) is 0 Å². The van der Waals surface area contributed by atoms with E-state index < -0.39 is 5.82 Å². The largest absolute Gasteiger partial charge is 0.397 e. The van der Waals surface area contributed by atoms with Gasteiger partial charge in [-0.15, -0.1) is 0 Å². The van der Waals surface area contributed by atoms with E-state index in [2.05, 4.69) is 5.32 Å². The number of nitrogens with zero attached hydrogens (tertiary/aromatic N) is 1. The second-order valence-corrected chi connectivity index (χ2v) is 3.09. The van der Waals surface area contributed by atoms with Crippen LogP contribution in [-0.4, -0.2) is 19.1 Å². The van der Waals surface area contributed by atoms with Gasteiger partial charge in [-0.05, 0) is 18.2 Å². The number of nitrogens with two attached hydrogens (primary N) is 1. The lowest BCUT2D eigenvalue weighted by Crippen LogP contribution is -2.28. The van der Waals surface area contributed by atoms with E-state index >= 15 is 0 Å². The van der Waals surface area contributed by atoms with Gasteiger partial charge in [-0.2, -0.15) is 0 Å². The number of halogens is 1. The van der Waals surface area contributed by atoms with Gasteiger partial charge in [-0.3, -0.25) is 4.90 Å². The van der Waals surface area contributed by atoms with Gasteiger partial charge in [0.05, 0.1) is 11.4 Å². The van der Waals surface area contributed by atoms with Crippen molar-refractivity contribution in [1.82, 2.24) is 5.32 Å². The van der Waals surface area contributed by atoms with Crippen LogP contribution in [0, 0.1) is 5.82 Å². The lowest BCUT2D eigenvalue weighted by molar-refractivity contribution is 0.252. The van der Waals surface area contributed by atoms with Crippen LogP contribution in [-0.2, 0) is 0 Å². The summed E-state index contributed by atoms with van der Waals surface area (Å²) in [4.78, 5) is 12.7. The first-order valence-corrected chi connectivity index (χ1v) is 4.29. The Morgan fingerprint density at radius 1 is 1.50 bits per heavy atom. The first kappa shape index (κ1) is 8.80. The minimum absolute atomic E-state index is 0.234. The smallest absolute Gasteiger partial charge is 0.322 e. The van der Waals surface area contributed by atoms with Crippen LogP contribution in [0.3, 0.4) is 0 Å². The number of nitrogens with one attached hydrogen (secondary N) is 1. The number of urea groups is 1. The quantitative estimate of drug-likeness (QED) is 0.655. The topological polar surface area (TPSA) is 58.4 Å². The van der Waals surface area contributed by atoms with Crippen molar-refractivity contribution in [3.05, 3.63) is 24.0 Å². The molecule has 1 heterocycles. The number of carbonyl (C=O) groups excluding carboxylic acids is 1. The maximum Gasteiger partial charge on any atom is 0.322 e. The van der Waals surface area contributed by atoms with Crippen molar-refractivity contribution in [3.8, 4) is 0 Å². The highest BCUT2D eigenvalue weighted by atomic mass is 19.1. The zero-order chi connectivity index (χ0) is 10.1. The Labute approximate surface area is 80.5 Å². The molecule has 1 aliphatic heterocycles. The molecular weight excluding hydrogens is 185 g/mol. The highest BCUT2D eigenvalue weighted by Crippen LogP contribution is 2.25. The number of benzene rings is 1. The van der Waals surface area contributed by atoms with Crippen LogP contribution >= 0.6 is 0 Å². The van der Waals surface area contributed by atoms with Crippen molar-refractivity contribution in [3.63, 3.8) is 0 Å². The lowest BCUT2D eigenvalue weighted by atomic mass is 10.2. The maximum absolute atomic E-state index is 12.9. The highest BCUT2D eigenvalue weighted by Gasteiger charge is 2.22. The Bertz CT molecular complexity index is 380. The molecule has 1 aromatic rings. The van der Waals surface area contributed by atoms with Crippen LogP contribution in [0.25, 0.3) is 0 Å². The molecule has 0 aliphatic carbocycles. The van der Waals surface area contributed by atoms with E-state index in [9.17, 15) is 9.18 Å². The van der Waals surface area contributed by atoms with E-state index in [-0.39, 0.29) is 6.03 Å². The predicted molar refractivity (Wildman–Crippen MR) is 51.6 cm³/mol. The third-order valence-corrected chi connectivity index (χ3v) is 2.14. The molecule has 1 aromatic carbocycles. The van der Waals surface area contributed by atoms with E-state index in [1.165, 1.54) is 23.1 Å². The number of hydrogen-bond acceptors (Lipinski definition) is 2. The molecule has 1 aliphatic rings. The molecule has 14 heavy (non-hydrogen) atoms. The van der Waals surface area contributed by atoms with Gasteiger partial charge in [0.25, 0.3) is 0 Å². The molecule has 74 valence electrons. The third kappa shape index (κ3) is 1.37. The second kappa shape index (κ2) is 3.17. The molecule has 2 rings (SSSR count). The Morgan fingerprint density at radius 3 is 2.93 bits per heavy atom. The number of amides is 2. The fraction of sp³-hybridized carbons (Fsp3) is 0.222. The zero-order valence-corrected chi connectivity index (χ0v) is 7.46. The molecule has 1 saturated heterocycles. The summed E-state index contributed by atoms with van der Waals surface area (Å²) in [6.45, 7) is 1.08. The fourth-order valence-electron chi connectivity index (χ4n) is 1.45. The van der Waals surface area contributed by atoms with Gasteiger partial charge < -0.3 is 11.1 Å². The van der Waals surface area contributed by atoms with Crippen LogP contribution in [0.5, 0.6) is 0 Å². The van der Waals surface area contributed by atoms with Crippen LogP contribution in [0.4, 0.5) is 20.6 Å². The third-order valence-electron chi connectivity index (χ3n) is 2.14. The molecule has 4 nitrogen and oxygen atoms in total. The van der Waals surface area contributed by atoms with Crippen molar-refractivity contribution >= 4 is 17.4 Å². The summed E-state index contributed by atoms with van der Waals surface area (Å²) in [6, 6.07) is 3.76. The van der Waals surface area contributed by atoms with Gasteiger partial charge >= 0.3 is 6.03 Å². The van der Waals surface area contributed by atoms with Gasteiger partial charge in [0.2, 0.25) is 0 Å². The van der Waals surface area contributed by atoms with Gasteiger partial charge in [0.15, 0.2) is 0 Å². The Kier molecular flexibility index (Phi) is 1.99. The molecule has 2 amide bonds. The summed E-state index contributed by atoms with van der Waals surface area (Å²) in [5.41, 5.74) is 6.48. The molecule has 0 aromatic heterocycles. The standard InChI is InChI=1S/C9H10FN3O/c10-6-1-2-7(11)8(5-6)13-4-3-12-9(13)14/h1-2,5H,3-4,11H2,(H,12,14). The van der Waals surface area contributed by atoms with Gasteiger partial charge in [0.1, 0.15) is 5.82 Å². The lowest BCUT2D eigenvalue weighted by Gasteiger charge is -2.16. The van der Waals surface area contributed by atoms with Crippen LogP contribution in [0.15, 0.2) is 18.2 Å². The van der Waals surface area contributed by atoms with Gasteiger partial charge in [0, 0.05) is 13.1 Å². The summed E-state index contributed by atoms with van der Waals surface area (Å²) in [7, 11) is 0. The summed E-state index contributed by atoms with van der Waals surface area (Å²) >= 11 is 0. The predicted octanol–water partition coefficient (Wildman–Crippen LogP) is 0.938. The summed E-state index contributed by atoms with van der Waals surface area (Å²) in [5, 5.41) is 2.62. The summed E-state index contributed by atoms with van der Waals surface area (Å²) < 4.78 is 12.9. The molecule has 0 bridgehead atoms. The van der Waals surface area contributed by atoms with Crippen molar-refractivity contribution in [2.45, 2.75) is 0 Å². The van der Waals surface area contributed by atoms with Crippen molar-refractivity contribution < 1.29 is 9.18 Å².